The van der Waals surface area contributed by atoms with Crippen LogP contribution >= 0.6 is 11.6 Å². The Kier molecular flexibility index (Phi) is 3.53. The topological polar surface area (TPSA) is 21.3 Å². The Balaban J connectivity index is 1.87. The van der Waals surface area contributed by atoms with Gasteiger partial charge < -0.3 is 10.1 Å². The van der Waals surface area contributed by atoms with Gasteiger partial charge in [0.1, 0.15) is 0 Å². The number of halogens is 1. The Morgan fingerprint density at radius 3 is 2.50 bits per heavy atom. The first-order valence-corrected chi connectivity index (χ1v) is 6.03. The molecule has 1 aromatic carbocycles. The number of hydrogen-bond acceptors (Lipinski definition) is 2. The van der Waals surface area contributed by atoms with Gasteiger partial charge in [-0.25, -0.2) is 0 Å². The number of hydrogen-bond donors (Lipinski definition) is 1. The van der Waals surface area contributed by atoms with Crippen molar-refractivity contribution in [2.24, 2.45) is 5.41 Å². The maximum absolute atomic E-state index is 5.86. The minimum absolute atomic E-state index is 0.320. The van der Waals surface area contributed by atoms with Crippen molar-refractivity contribution >= 4 is 11.6 Å². The van der Waals surface area contributed by atoms with Crippen LogP contribution in [0.5, 0.6) is 0 Å². The molecule has 88 valence electrons. The molecule has 1 aliphatic rings. The van der Waals surface area contributed by atoms with Crippen LogP contribution in [-0.2, 0) is 4.74 Å². The van der Waals surface area contributed by atoms with Crippen LogP contribution in [0.2, 0.25) is 5.02 Å². The SMILES string of the molecule is CC(NCC1(C)COC1)c1ccc(Cl)cc1. The van der Waals surface area contributed by atoms with Crippen LogP contribution in [0, 0.1) is 5.41 Å². The van der Waals surface area contributed by atoms with E-state index in [2.05, 4.69) is 31.3 Å². The lowest BCUT2D eigenvalue weighted by molar-refractivity contribution is -0.0999. The molecule has 1 aromatic rings. The van der Waals surface area contributed by atoms with Crippen molar-refractivity contribution in [2.75, 3.05) is 19.8 Å². The monoisotopic (exact) mass is 239 g/mol. The Morgan fingerprint density at radius 1 is 1.38 bits per heavy atom. The first-order valence-electron chi connectivity index (χ1n) is 5.66. The molecule has 0 aromatic heterocycles. The van der Waals surface area contributed by atoms with Crippen LogP contribution in [0.25, 0.3) is 0 Å². The molecule has 1 fully saturated rings. The average Bonchev–Trinajstić information content (AvgIpc) is 2.24. The highest BCUT2D eigenvalue weighted by Crippen LogP contribution is 2.26. The Morgan fingerprint density at radius 2 is 2.00 bits per heavy atom. The highest BCUT2D eigenvalue weighted by Gasteiger charge is 2.33. The van der Waals surface area contributed by atoms with Gasteiger partial charge in [0.2, 0.25) is 0 Å². The van der Waals surface area contributed by atoms with E-state index in [4.69, 9.17) is 16.3 Å². The molecule has 1 atom stereocenters. The van der Waals surface area contributed by atoms with Gasteiger partial charge in [-0.3, -0.25) is 0 Å². The normalized spacial score (nSPS) is 20.2. The van der Waals surface area contributed by atoms with Crippen LogP contribution in [0.3, 0.4) is 0 Å². The summed E-state index contributed by atoms with van der Waals surface area (Å²) in [5.41, 5.74) is 1.59. The maximum atomic E-state index is 5.86. The largest absolute Gasteiger partial charge is 0.380 e. The fraction of sp³-hybridized carbons (Fsp3) is 0.538. The van der Waals surface area contributed by atoms with Crippen molar-refractivity contribution in [3.8, 4) is 0 Å². The van der Waals surface area contributed by atoms with Crippen LogP contribution in [-0.4, -0.2) is 19.8 Å². The summed E-state index contributed by atoms with van der Waals surface area (Å²) in [6.07, 6.45) is 0. The minimum Gasteiger partial charge on any atom is -0.380 e. The van der Waals surface area contributed by atoms with Crippen LogP contribution < -0.4 is 5.32 Å². The predicted molar refractivity (Wildman–Crippen MR) is 66.8 cm³/mol. The highest BCUT2D eigenvalue weighted by atomic mass is 35.5. The van der Waals surface area contributed by atoms with Gasteiger partial charge in [0.05, 0.1) is 13.2 Å². The lowest BCUT2D eigenvalue weighted by Gasteiger charge is -2.39. The van der Waals surface area contributed by atoms with Crippen molar-refractivity contribution in [3.05, 3.63) is 34.9 Å². The second-order valence-corrected chi connectivity index (χ2v) is 5.39. The first kappa shape index (κ1) is 11.9. The predicted octanol–water partition coefficient (Wildman–Crippen LogP) is 3.03. The molecule has 0 aliphatic carbocycles. The Labute approximate surface area is 102 Å². The lowest BCUT2D eigenvalue weighted by Crippen LogP contribution is -2.47. The molecule has 0 radical (unpaired) electrons. The molecule has 0 bridgehead atoms. The van der Waals surface area contributed by atoms with E-state index in [0.717, 1.165) is 24.8 Å². The zero-order valence-corrected chi connectivity index (χ0v) is 10.6. The summed E-state index contributed by atoms with van der Waals surface area (Å²) in [4.78, 5) is 0. The van der Waals surface area contributed by atoms with Crippen molar-refractivity contribution in [3.63, 3.8) is 0 Å². The van der Waals surface area contributed by atoms with Crippen molar-refractivity contribution in [1.29, 1.82) is 0 Å². The third-order valence-electron chi connectivity index (χ3n) is 3.11. The van der Waals surface area contributed by atoms with E-state index < -0.39 is 0 Å². The fourth-order valence-corrected chi connectivity index (χ4v) is 1.95. The molecule has 0 saturated carbocycles. The summed E-state index contributed by atoms with van der Waals surface area (Å²) in [6.45, 7) is 7.15. The van der Waals surface area contributed by atoms with Crippen LogP contribution in [0.1, 0.15) is 25.5 Å². The van der Waals surface area contributed by atoms with E-state index in [0.29, 0.717) is 11.5 Å². The van der Waals surface area contributed by atoms with E-state index in [9.17, 15) is 0 Å². The third-order valence-corrected chi connectivity index (χ3v) is 3.36. The van der Waals surface area contributed by atoms with Gasteiger partial charge in [-0.2, -0.15) is 0 Å². The number of ether oxygens (including phenoxy) is 1. The lowest BCUT2D eigenvalue weighted by atomic mass is 9.88. The van der Waals surface area contributed by atoms with Crippen molar-refractivity contribution in [1.82, 2.24) is 5.32 Å². The Bertz CT molecular complexity index is 345. The molecule has 3 heteroatoms. The van der Waals surface area contributed by atoms with E-state index in [-0.39, 0.29) is 0 Å². The summed E-state index contributed by atoms with van der Waals surface area (Å²) in [5, 5.41) is 4.33. The zero-order chi connectivity index (χ0) is 11.6. The maximum Gasteiger partial charge on any atom is 0.0554 e. The molecule has 0 amide bonds. The van der Waals surface area contributed by atoms with E-state index in [1.165, 1.54) is 5.56 Å². The van der Waals surface area contributed by atoms with Crippen LogP contribution in [0.4, 0.5) is 0 Å². The molecule has 1 saturated heterocycles. The van der Waals surface area contributed by atoms with Gasteiger partial charge in [0.15, 0.2) is 0 Å². The number of benzene rings is 1. The van der Waals surface area contributed by atoms with Crippen molar-refractivity contribution in [2.45, 2.75) is 19.9 Å². The van der Waals surface area contributed by atoms with Crippen molar-refractivity contribution < 1.29 is 4.74 Å². The van der Waals surface area contributed by atoms with Gasteiger partial charge in [-0.05, 0) is 24.6 Å². The first-order chi connectivity index (χ1) is 7.59. The molecular formula is C13H18ClNO. The molecule has 1 N–H and O–H groups in total. The second-order valence-electron chi connectivity index (χ2n) is 4.96. The van der Waals surface area contributed by atoms with Crippen LogP contribution in [0.15, 0.2) is 24.3 Å². The molecule has 0 spiro atoms. The van der Waals surface area contributed by atoms with E-state index in [1.54, 1.807) is 0 Å². The molecular weight excluding hydrogens is 222 g/mol. The quantitative estimate of drug-likeness (QED) is 0.872. The molecule has 16 heavy (non-hydrogen) atoms. The molecule has 1 heterocycles. The molecule has 1 unspecified atom stereocenters. The molecule has 2 rings (SSSR count). The third kappa shape index (κ3) is 2.76. The van der Waals surface area contributed by atoms with Gasteiger partial charge in [0, 0.05) is 23.0 Å². The van der Waals surface area contributed by atoms with Gasteiger partial charge in [0.25, 0.3) is 0 Å². The number of rotatable bonds is 4. The summed E-state index contributed by atoms with van der Waals surface area (Å²) in [7, 11) is 0. The number of nitrogens with one attached hydrogen (secondary N) is 1. The van der Waals surface area contributed by atoms with Gasteiger partial charge in [-0.1, -0.05) is 30.7 Å². The van der Waals surface area contributed by atoms with Gasteiger partial charge >= 0.3 is 0 Å². The summed E-state index contributed by atoms with van der Waals surface area (Å²) in [6, 6.07) is 8.36. The highest BCUT2D eigenvalue weighted by molar-refractivity contribution is 6.30. The Hall–Kier alpha value is -0.570. The van der Waals surface area contributed by atoms with E-state index in [1.807, 2.05) is 12.1 Å². The fourth-order valence-electron chi connectivity index (χ4n) is 1.82. The molecule has 1 aliphatic heterocycles. The van der Waals surface area contributed by atoms with E-state index >= 15 is 0 Å². The zero-order valence-electron chi connectivity index (χ0n) is 9.79. The van der Waals surface area contributed by atoms with Gasteiger partial charge in [-0.15, -0.1) is 0 Å². The smallest absolute Gasteiger partial charge is 0.0554 e. The summed E-state index contributed by atoms with van der Waals surface area (Å²) in [5.74, 6) is 0. The standard InChI is InChI=1S/C13H18ClNO/c1-10(11-3-5-12(14)6-4-11)15-7-13(2)8-16-9-13/h3-6,10,15H,7-9H2,1-2H3. The minimum atomic E-state index is 0.320. The summed E-state index contributed by atoms with van der Waals surface area (Å²) >= 11 is 5.86. The second kappa shape index (κ2) is 4.74. The summed E-state index contributed by atoms with van der Waals surface area (Å²) < 4.78 is 5.23. The average molecular weight is 240 g/mol. The molecule has 2 nitrogen and oxygen atoms in total.